The molecule has 0 spiro atoms. The Balaban J connectivity index is 1.55. The molecule has 2 fully saturated rings. The van der Waals surface area contributed by atoms with E-state index in [0.717, 1.165) is 43.5 Å². The summed E-state index contributed by atoms with van der Waals surface area (Å²) in [5.74, 6) is 0.295. The molecule has 1 saturated carbocycles. The number of carbonyl (C=O) groups is 1. The van der Waals surface area contributed by atoms with Gasteiger partial charge < -0.3 is 14.6 Å². The van der Waals surface area contributed by atoms with Gasteiger partial charge in [-0.15, -0.1) is 0 Å². The van der Waals surface area contributed by atoms with Crippen LogP contribution >= 0.6 is 0 Å². The zero-order valence-corrected chi connectivity index (χ0v) is 15.9. The second-order valence-electron chi connectivity index (χ2n) is 7.79. The van der Waals surface area contributed by atoms with E-state index in [0.29, 0.717) is 34.8 Å². The number of nitrogens with one attached hydrogen (secondary N) is 1. The second-order valence-corrected chi connectivity index (χ2v) is 7.79. The van der Waals surface area contributed by atoms with Gasteiger partial charge in [0.2, 0.25) is 0 Å². The Morgan fingerprint density at radius 2 is 2.04 bits per heavy atom. The molecule has 5 rings (SSSR count). The van der Waals surface area contributed by atoms with Crippen molar-refractivity contribution in [3.63, 3.8) is 0 Å². The summed E-state index contributed by atoms with van der Waals surface area (Å²) in [6.07, 6.45) is 4.35. The van der Waals surface area contributed by atoms with Gasteiger partial charge in [0.05, 0.1) is 17.1 Å². The maximum Gasteiger partial charge on any atom is 0.259 e. The normalized spacial score (nSPS) is 19.2. The number of nitrogens with zero attached hydrogens (tertiary/aromatic N) is 2. The zero-order chi connectivity index (χ0) is 19.1. The number of benzene rings is 1. The minimum Gasteiger partial charge on any atom is -0.376 e. The van der Waals surface area contributed by atoms with Crippen molar-refractivity contribution >= 4 is 17.0 Å². The molecule has 1 N–H and O–H groups in total. The largest absolute Gasteiger partial charge is 0.376 e. The summed E-state index contributed by atoms with van der Waals surface area (Å²) >= 11 is 0. The topological polar surface area (TPSA) is 77.2 Å². The van der Waals surface area contributed by atoms with Gasteiger partial charge >= 0.3 is 0 Å². The lowest BCUT2D eigenvalue weighted by Gasteiger charge is -2.12. The lowest BCUT2D eigenvalue weighted by Crippen LogP contribution is -2.32. The van der Waals surface area contributed by atoms with E-state index < -0.39 is 0 Å². The highest BCUT2D eigenvalue weighted by Crippen LogP contribution is 2.41. The molecule has 0 bridgehead atoms. The van der Waals surface area contributed by atoms with Gasteiger partial charge in [-0.2, -0.15) is 0 Å². The standard InChI is InChI=1S/C22H23N3O3/c1-13-4-6-15(7-5-13)20-19-17(21(26)23-12-16-3-2-10-27-16)11-18(14-8-9-14)24-22(19)28-25-20/h4-7,11,14,16H,2-3,8-10,12H2,1H3,(H,23,26). The molecule has 28 heavy (non-hydrogen) atoms. The van der Waals surface area contributed by atoms with Crippen molar-refractivity contribution in [1.29, 1.82) is 0 Å². The Kier molecular flexibility index (Phi) is 4.36. The molecule has 3 heterocycles. The molecule has 2 aliphatic rings. The van der Waals surface area contributed by atoms with Gasteiger partial charge in [0, 0.05) is 30.3 Å². The third-order valence-electron chi connectivity index (χ3n) is 5.55. The lowest BCUT2D eigenvalue weighted by atomic mass is 10.0. The van der Waals surface area contributed by atoms with Crippen LogP contribution in [0.3, 0.4) is 0 Å². The number of hydrogen-bond acceptors (Lipinski definition) is 5. The highest BCUT2D eigenvalue weighted by atomic mass is 16.5. The van der Waals surface area contributed by atoms with Crippen LogP contribution in [-0.2, 0) is 4.74 Å². The van der Waals surface area contributed by atoms with Crippen molar-refractivity contribution in [2.24, 2.45) is 0 Å². The fourth-order valence-corrected chi connectivity index (χ4v) is 3.75. The lowest BCUT2D eigenvalue weighted by molar-refractivity contribution is 0.0859. The number of aromatic nitrogens is 2. The Hall–Kier alpha value is -2.73. The van der Waals surface area contributed by atoms with Crippen molar-refractivity contribution in [3.8, 4) is 11.3 Å². The predicted molar refractivity (Wildman–Crippen MR) is 105 cm³/mol. The summed E-state index contributed by atoms with van der Waals surface area (Å²) in [6, 6.07) is 9.96. The molecular formula is C22H23N3O3. The number of pyridine rings is 1. The van der Waals surface area contributed by atoms with Crippen LogP contribution in [0.5, 0.6) is 0 Å². The van der Waals surface area contributed by atoms with Crippen LogP contribution in [0.15, 0.2) is 34.9 Å². The summed E-state index contributed by atoms with van der Waals surface area (Å²) in [6.45, 7) is 3.33. The highest BCUT2D eigenvalue weighted by molar-refractivity contribution is 6.09. The quantitative estimate of drug-likeness (QED) is 0.728. The first-order valence-electron chi connectivity index (χ1n) is 9.96. The number of aryl methyl sites for hydroxylation is 1. The monoisotopic (exact) mass is 377 g/mol. The molecule has 0 radical (unpaired) electrons. The molecule has 144 valence electrons. The van der Waals surface area contributed by atoms with E-state index >= 15 is 0 Å². The molecule has 6 nitrogen and oxygen atoms in total. The number of rotatable bonds is 5. The van der Waals surface area contributed by atoms with Crippen LogP contribution in [0.4, 0.5) is 0 Å². The molecule has 6 heteroatoms. The Morgan fingerprint density at radius 3 is 2.75 bits per heavy atom. The Morgan fingerprint density at radius 1 is 1.21 bits per heavy atom. The summed E-state index contributed by atoms with van der Waals surface area (Å²) < 4.78 is 11.2. The molecule has 1 aromatic carbocycles. The maximum atomic E-state index is 13.1. The summed E-state index contributed by atoms with van der Waals surface area (Å²) in [7, 11) is 0. The second kappa shape index (κ2) is 7.02. The van der Waals surface area contributed by atoms with E-state index in [1.54, 1.807) is 0 Å². The van der Waals surface area contributed by atoms with Gasteiger partial charge in [-0.25, -0.2) is 4.98 Å². The predicted octanol–water partition coefficient (Wildman–Crippen LogP) is 3.98. The summed E-state index contributed by atoms with van der Waals surface area (Å²) in [5, 5.41) is 7.97. The van der Waals surface area contributed by atoms with Crippen molar-refractivity contribution in [1.82, 2.24) is 15.5 Å². The van der Waals surface area contributed by atoms with E-state index in [1.807, 2.05) is 37.3 Å². The maximum absolute atomic E-state index is 13.1. The molecule has 1 aliphatic heterocycles. The fraction of sp³-hybridized carbons (Fsp3) is 0.409. The van der Waals surface area contributed by atoms with E-state index in [4.69, 9.17) is 9.26 Å². The first-order chi connectivity index (χ1) is 13.7. The van der Waals surface area contributed by atoms with Crippen LogP contribution in [-0.4, -0.2) is 35.3 Å². The SMILES string of the molecule is Cc1ccc(-c2noc3nc(C4CC4)cc(C(=O)NCC4CCCO4)c23)cc1. The third kappa shape index (κ3) is 3.29. The van der Waals surface area contributed by atoms with E-state index in [2.05, 4.69) is 15.5 Å². The number of carbonyl (C=O) groups excluding carboxylic acids is 1. The molecule has 3 aromatic rings. The average Bonchev–Trinajstić information content (AvgIpc) is 3.26. The first kappa shape index (κ1) is 17.4. The minimum absolute atomic E-state index is 0.100. The van der Waals surface area contributed by atoms with Gasteiger partial charge in [0.25, 0.3) is 11.6 Å². The smallest absolute Gasteiger partial charge is 0.259 e. The van der Waals surface area contributed by atoms with Crippen molar-refractivity contribution in [2.75, 3.05) is 13.2 Å². The van der Waals surface area contributed by atoms with E-state index in [9.17, 15) is 4.79 Å². The van der Waals surface area contributed by atoms with Crippen molar-refractivity contribution in [2.45, 2.75) is 44.6 Å². The van der Waals surface area contributed by atoms with Gasteiger partial charge in [-0.1, -0.05) is 35.0 Å². The zero-order valence-electron chi connectivity index (χ0n) is 15.9. The number of ether oxygens (including phenoxy) is 1. The third-order valence-corrected chi connectivity index (χ3v) is 5.55. The molecule has 2 aromatic heterocycles. The molecule has 1 atom stereocenters. The minimum atomic E-state index is -0.124. The van der Waals surface area contributed by atoms with Crippen molar-refractivity contribution in [3.05, 3.63) is 47.2 Å². The van der Waals surface area contributed by atoms with Gasteiger partial charge in [-0.3, -0.25) is 4.79 Å². The molecule has 1 aliphatic carbocycles. The van der Waals surface area contributed by atoms with Crippen LogP contribution in [0, 0.1) is 6.92 Å². The average molecular weight is 377 g/mol. The highest BCUT2D eigenvalue weighted by Gasteiger charge is 2.29. The van der Waals surface area contributed by atoms with Gasteiger partial charge in [0.15, 0.2) is 0 Å². The van der Waals surface area contributed by atoms with Crippen LogP contribution in [0.25, 0.3) is 22.4 Å². The molecule has 1 unspecified atom stereocenters. The molecule has 1 amide bonds. The first-order valence-corrected chi connectivity index (χ1v) is 9.96. The summed E-state index contributed by atoms with van der Waals surface area (Å²) in [4.78, 5) is 17.7. The number of hydrogen-bond donors (Lipinski definition) is 1. The van der Waals surface area contributed by atoms with Crippen LogP contribution < -0.4 is 5.32 Å². The van der Waals surface area contributed by atoms with E-state index in [1.165, 1.54) is 5.56 Å². The van der Waals surface area contributed by atoms with E-state index in [-0.39, 0.29) is 12.0 Å². The van der Waals surface area contributed by atoms with Gasteiger partial charge in [-0.05, 0) is 38.7 Å². The van der Waals surface area contributed by atoms with Crippen molar-refractivity contribution < 1.29 is 14.1 Å². The molecular weight excluding hydrogens is 354 g/mol. The molecule has 1 saturated heterocycles. The Bertz CT molecular complexity index is 1020. The number of fused-ring (bicyclic) bond motifs is 1. The van der Waals surface area contributed by atoms with Crippen LogP contribution in [0.2, 0.25) is 0 Å². The Labute approximate surface area is 163 Å². The number of amides is 1. The van der Waals surface area contributed by atoms with Gasteiger partial charge in [0.1, 0.15) is 5.69 Å². The van der Waals surface area contributed by atoms with Crippen LogP contribution in [0.1, 0.15) is 53.2 Å². The summed E-state index contributed by atoms with van der Waals surface area (Å²) in [5.41, 5.74) is 4.68. The fourth-order valence-electron chi connectivity index (χ4n) is 3.75.